The molecular formula is C15H26ClN3O4S2. The van der Waals surface area contributed by atoms with E-state index < -0.39 is 20.0 Å². The van der Waals surface area contributed by atoms with Gasteiger partial charge < -0.3 is 5.73 Å². The van der Waals surface area contributed by atoms with Gasteiger partial charge in [0.25, 0.3) is 0 Å². The van der Waals surface area contributed by atoms with Crippen LogP contribution in [0.25, 0.3) is 0 Å². The maximum atomic E-state index is 12.6. The molecule has 1 saturated carbocycles. The molecule has 2 rings (SSSR count). The third-order valence-corrected chi connectivity index (χ3v) is 7.30. The summed E-state index contributed by atoms with van der Waals surface area (Å²) in [5.74, 6) is 0. The highest BCUT2D eigenvalue weighted by atomic mass is 35.5. The number of benzene rings is 1. The Morgan fingerprint density at radius 2 is 1.60 bits per heavy atom. The van der Waals surface area contributed by atoms with Gasteiger partial charge in [0, 0.05) is 19.6 Å². The van der Waals surface area contributed by atoms with Crippen molar-refractivity contribution in [3.63, 3.8) is 0 Å². The van der Waals surface area contributed by atoms with Gasteiger partial charge in [-0.05, 0) is 49.1 Å². The van der Waals surface area contributed by atoms with Crippen molar-refractivity contribution in [1.82, 2.24) is 9.03 Å². The lowest BCUT2D eigenvalue weighted by atomic mass is 9.94. The molecular weight excluding hydrogens is 386 g/mol. The average Bonchev–Trinajstić information content (AvgIpc) is 3.30. The predicted octanol–water partition coefficient (Wildman–Crippen LogP) is 1.15. The largest absolute Gasteiger partial charge is 0.330 e. The van der Waals surface area contributed by atoms with Gasteiger partial charge in [0.05, 0.1) is 9.79 Å². The van der Waals surface area contributed by atoms with Gasteiger partial charge in [0.1, 0.15) is 0 Å². The van der Waals surface area contributed by atoms with Crippen LogP contribution in [0.1, 0.15) is 26.7 Å². The zero-order valence-electron chi connectivity index (χ0n) is 14.6. The van der Waals surface area contributed by atoms with Gasteiger partial charge in [0.15, 0.2) is 0 Å². The van der Waals surface area contributed by atoms with Crippen LogP contribution in [0.3, 0.4) is 0 Å². The molecule has 0 unspecified atom stereocenters. The summed E-state index contributed by atoms with van der Waals surface area (Å²) in [6.07, 6.45) is 1.68. The van der Waals surface area contributed by atoms with E-state index in [1.807, 2.05) is 13.8 Å². The molecule has 3 N–H and O–H groups in total. The van der Waals surface area contributed by atoms with Crippen LogP contribution in [0.15, 0.2) is 34.1 Å². The minimum absolute atomic E-state index is 0. The molecule has 1 aromatic carbocycles. The van der Waals surface area contributed by atoms with E-state index in [1.165, 1.54) is 35.6 Å². The monoisotopic (exact) mass is 411 g/mol. The first-order valence-corrected chi connectivity index (χ1v) is 10.7. The Labute approximate surface area is 156 Å². The quantitative estimate of drug-likeness (QED) is 0.666. The van der Waals surface area contributed by atoms with Gasteiger partial charge in [-0.25, -0.2) is 25.9 Å². The smallest absolute Gasteiger partial charge is 0.242 e. The Morgan fingerprint density at radius 1 is 1.12 bits per heavy atom. The fourth-order valence-corrected chi connectivity index (χ4v) is 4.88. The molecule has 0 aliphatic heterocycles. The molecule has 144 valence electrons. The van der Waals surface area contributed by atoms with Gasteiger partial charge in [-0.1, -0.05) is 13.8 Å². The van der Waals surface area contributed by atoms with Gasteiger partial charge in [0.2, 0.25) is 20.0 Å². The van der Waals surface area contributed by atoms with Crippen molar-refractivity contribution < 1.29 is 16.8 Å². The minimum atomic E-state index is -3.69. The third kappa shape index (κ3) is 5.63. The maximum Gasteiger partial charge on any atom is 0.242 e. The van der Waals surface area contributed by atoms with Crippen molar-refractivity contribution >= 4 is 32.5 Å². The second-order valence-corrected chi connectivity index (χ2v) is 10.8. The van der Waals surface area contributed by atoms with E-state index in [-0.39, 0.29) is 40.2 Å². The van der Waals surface area contributed by atoms with Crippen LogP contribution in [-0.2, 0) is 20.0 Å². The lowest BCUT2D eigenvalue weighted by molar-refractivity contribution is 0.292. The molecule has 0 spiro atoms. The molecule has 0 aromatic heterocycles. The Morgan fingerprint density at radius 3 is 2.04 bits per heavy atom. The number of hydrogen-bond donors (Lipinski definition) is 2. The molecule has 0 radical (unpaired) electrons. The fourth-order valence-electron chi connectivity index (χ4n) is 2.21. The SMILES string of the molecule is CN(CC(C)(C)CN)S(=O)(=O)c1ccc(S(=O)(=O)NC2CC2)cc1.Cl. The van der Waals surface area contributed by atoms with Crippen molar-refractivity contribution in [2.75, 3.05) is 20.1 Å². The van der Waals surface area contributed by atoms with Crippen molar-refractivity contribution in [3.05, 3.63) is 24.3 Å². The maximum absolute atomic E-state index is 12.6. The van der Waals surface area contributed by atoms with E-state index in [0.29, 0.717) is 6.54 Å². The van der Waals surface area contributed by atoms with Crippen LogP contribution in [0.5, 0.6) is 0 Å². The number of sulfonamides is 2. The molecule has 0 bridgehead atoms. The summed E-state index contributed by atoms with van der Waals surface area (Å²) >= 11 is 0. The fraction of sp³-hybridized carbons (Fsp3) is 0.600. The molecule has 7 nitrogen and oxygen atoms in total. The minimum Gasteiger partial charge on any atom is -0.330 e. The first-order chi connectivity index (χ1) is 11.0. The van der Waals surface area contributed by atoms with Gasteiger partial charge in [-0.3, -0.25) is 0 Å². The molecule has 25 heavy (non-hydrogen) atoms. The van der Waals surface area contributed by atoms with Crippen molar-refractivity contribution in [1.29, 1.82) is 0 Å². The van der Waals surface area contributed by atoms with Crippen molar-refractivity contribution in [3.8, 4) is 0 Å². The van der Waals surface area contributed by atoms with E-state index in [0.717, 1.165) is 12.8 Å². The number of rotatable bonds is 8. The summed E-state index contributed by atoms with van der Waals surface area (Å²) in [4.78, 5) is 0.126. The molecule has 1 fully saturated rings. The first kappa shape index (κ1) is 22.3. The van der Waals surface area contributed by atoms with Crippen LogP contribution >= 0.6 is 12.4 Å². The molecule has 0 atom stereocenters. The van der Waals surface area contributed by atoms with Gasteiger partial charge in [-0.15, -0.1) is 12.4 Å². The molecule has 0 heterocycles. The van der Waals surface area contributed by atoms with Crippen LogP contribution in [-0.4, -0.2) is 47.3 Å². The van der Waals surface area contributed by atoms with Crippen LogP contribution < -0.4 is 10.5 Å². The summed E-state index contributed by atoms with van der Waals surface area (Å²) in [5.41, 5.74) is 5.31. The summed E-state index contributed by atoms with van der Waals surface area (Å²) in [6, 6.07) is 5.29. The highest BCUT2D eigenvalue weighted by Crippen LogP contribution is 2.24. The molecule has 1 aliphatic carbocycles. The second-order valence-electron chi connectivity index (χ2n) is 7.00. The average molecular weight is 412 g/mol. The molecule has 1 aliphatic rings. The lowest BCUT2D eigenvalue weighted by Gasteiger charge is -2.28. The Hall–Kier alpha value is -0.710. The van der Waals surface area contributed by atoms with Crippen molar-refractivity contribution in [2.45, 2.75) is 42.5 Å². The summed E-state index contributed by atoms with van der Waals surface area (Å²) < 4.78 is 53.2. The zero-order chi connectivity index (χ0) is 18.2. The van der Waals surface area contributed by atoms with Crippen LogP contribution in [0.2, 0.25) is 0 Å². The predicted molar refractivity (Wildman–Crippen MR) is 99.7 cm³/mol. The lowest BCUT2D eigenvalue weighted by Crippen LogP contribution is -2.39. The zero-order valence-corrected chi connectivity index (χ0v) is 17.0. The first-order valence-electron chi connectivity index (χ1n) is 7.77. The van der Waals surface area contributed by atoms with E-state index >= 15 is 0 Å². The Balaban J connectivity index is 0.00000312. The molecule has 0 amide bonds. The number of nitrogens with zero attached hydrogens (tertiary/aromatic N) is 1. The topological polar surface area (TPSA) is 110 Å². The van der Waals surface area contributed by atoms with Gasteiger partial charge in [-0.2, -0.15) is 0 Å². The van der Waals surface area contributed by atoms with E-state index in [2.05, 4.69) is 4.72 Å². The molecule has 10 heteroatoms. The van der Waals surface area contributed by atoms with Gasteiger partial charge >= 0.3 is 0 Å². The Bertz CT molecular complexity index is 789. The van der Waals surface area contributed by atoms with Crippen LogP contribution in [0, 0.1) is 5.41 Å². The highest BCUT2D eigenvalue weighted by molar-refractivity contribution is 7.89. The second kappa shape index (κ2) is 7.89. The number of hydrogen-bond acceptors (Lipinski definition) is 5. The third-order valence-electron chi connectivity index (χ3n) is 3.94. The van der Waals surface area contributed by atoms with E-state index in [9.17, 15) is 16.8 Å². The molecule has 1 aromatic rings. The normalized spacial score (nSPS) is 15.9. The highest BCUT2D eigenvalue weighted by Gasteiger charge is 2.29. The standard InChI is InChI=1S/C15H25N3O4S2.ClH/c1-15(2,10-16)11-18(3)24(21,22)14-8-6-13(7-9-14)23(19,20)17-12-4-5-12;/h6-9,12,17H,4-5,10-11,16H2,1-3H3;1H. The summed E-state index contributed by atoms with van der Waals surface area (Å²) in [5, 5.41) is 0. The number of nitrogens with two attached hydrogens (primary N) is 1. The molecule has 0 saturated heterocycles. The number of halogens is 1. The van der Waals surface area contributed by atoms with E-state index in [1.54, 1.807) is 0 Å². The van der Waals surface area contributed by atoms with Crippen molar-refractivity contribution in [2.24, 2.45) is 11.1 Å². The summed E-state index contributed by atoms with van der Waals surface area (Å²) in [6.45, 7) is 4.41. The van der Waals surface area contributed by atoms with E-state index in [4.69, 9.17) is 5.73 Å². The van der Waals surface area contributed by atoms with Crippen LogP contribution in [0.4, 0.5) is 0 Å². The summed E-state index contributed by atoms with van der Waals surface area (Å²) in [7, 11) is -5.79. The Kier molecular flexibility index (Phi) is 7.05. The number of nitrogens with one attached hydrogen (secondary N) is 1.